The molecule has 0 aliphatic carbocycles. The molecule has 0 amide bonds. The van der Waals surface area contributed by atoms with Crippen LogP contribution in [0.3, 0.4) is 0 Å². The van der Waals surface area contributed by atoms with Crippen LogP contribution in [0.5, 0.6) is 0 Å². The number of unbranched alkanes of at least 4 members (excludes halogenated alkanes) is 1. The van der Waals surface area contributed by atoms with E-state index in [1.807, 2.05) is 0 Å². The highest BCUT2D eigenvalue weighted by Crippen LogP contribution is 2.17. The molecule has 4 heteroatoms. The smallest absolute Gasteiger partial charge is 0.142 e. The molecule has 0 spiro atoms. The molecule has 14 heavy (non-hydrogen) atoms. The van der Waals surface area contributed by atoms with E-state index in [0.717, 1.165) is 25.9 Å². The van der Waals surface area contributed by atoms with E-state index in [1.54, 1.807) is 0 Å². The summed E-state index contributed by atoms with van der Waals surface area (Å²) < 4.78 is 0. The minimum atomic E-state index is 0.290. The van der Waals surface area contributed by atoms with Gasteiger partial charge in [0.1, 0.15) is 5.84 Å². The van der Waals surface area contributed by atoms with E-state index in [0.29, 0.717) is 5.84 Å². The van der Waals surface area contributed by atoms with Crippen LogP contribution in [0.2, 0.25) is 0 Å². The van der Waals surface area contributed by atoms with E-state index in [1.165, 1.54) is 19.4 Å². The molecule has 82 valence electrons. The van der Waals surface area contributed by atoms with Gasteiger partial charge in [-0.3, -0.25) is 0 Å². The van der Waals surface area contributed by atoms with Gasteiger partial charge in [-0.15, -0.1) is 0 Å². The van der Waals surface area contributed by atoms with Crippen LogP contribution < -0.4 is 5.73 Å². The van der Waals surface area contributed by atoms with Crippen molar-refractivity contribution in [1.29, 1.82) is 0 Å². The summed E-state index contributed by atoms with van der Waals surface area (Å²) in [5, 5.41) is 11.6. The summed E-state index contributed by atoms with van der Waals surface area (Å²) in [6.45, 7) is 5.57. The molecular weight excluding hydrogens is 178 g/mol. The lowest BCUT2D eigenvalue weighted by Crippen LogP contribution is -2.39. The van der Waals surface area contributed by atoms with Gasteiger partial charge < -0.3 is 15.8 Å². The summed E-state index contributed by atoms with van der Waals surface area (Å²) in [7, 11) is 0. The maximum atomic E-state index is 8.54. The minimum absolute atomic E-state index is 0.290. The third-order valence-electron chi connectivity index (χ3n) is 2.95. The molecular formula is C10H21N3O. The standard InChI is InChI=1S/C10H21N3O/c1-2-3-6-13-7-4-9(5-8-13)10(11)12-14/h9,14H,2-8H2,1H3,(H2,11,12). The molecule has 0 aromatic heterocycles. The Morgan fingerprint density at radius 1 is 1.50 bits per heavy atom. The van der Waals surface area contributed by atoms with E-state index in [2.05, 4.69) is 17.0 Å². The minimum Gasteiger partial charge on any atom is -0.409 e. The monoisotopic (exact) mass is 199 g/mol. The second-order valence-electron chi connectivity index (χ2n) is 3.99. The highest BCUT2D eigenvalue weighted by Gasteiger charge is 2.21. The Morgan fingerprint density at radius 2 is 2.14 bits per heavy atom. The number of oxime groups is 1. The topological polar surface area (TPSA) is 61.8 Å². The highest BCUT2D eigenvalue weighted by molar-refractivity contribution is 5.82. The van der Waals surface area contributed by atoms with Crippen molar-refractivity contribution < 1.29 is 5.21 Å². The Balaban J connectivity index is 2.24. The largest absolute Gasteiger partial charge is 0.409 e. The number of hydrogen-bond acceptors (Lipinski definition) is 3. The lowest BCUT2D eigenvalue weighted by molar-refractivity contribution is 0.203. The fourth-order valence-corrected chi connectivity index (χ4v) is 1.92. The zero-order valence-corrected chi connectivity index (χ0v) is 8.95. The van der Waals surface area contributed by atoms with E-state index in [4.69, 9.17) is 10.9 Å². The summed E-state index contributed by atoms with van der Waals surface area (Å²) in [5.74, 6) is 0.693. The summed E-state index contributed by atoms with van der Waals surface area (Å²) in [6, 6.07) is 0. The predicted molar refractivity (Wildman–Crippen MR) is 57.5 cm³/mol. The average molecular weight is 199 g/mol. The normalized spacial score (nSPS) is 21.4. The van der Waals surface area contributed by atoms with Crippen LogP contribution in [0.15, 0.2) is 5.16 Å². The molecule has 0 radical (unpaired) electrons. The predicted octanol–water partition coefficient (Wildman–Crippen LogP) is 1.24. The highest BCUT2D eigenvalue weighted by atomic mass is 16.4. The lowest BCUT2D eigenvalue weighted by atomic mass is 9.96. The van der Waals surface area contributed by atoms with Crippen LogP contribution in [0.1, 0.15) is 32.6 Å². The third-order valence-corrected chi connectivity index (χ3v) is 2.95. The molecule has 1 saturated heterocycles. The summed E-state index contributed by atoms with van der Waals surface area (Å²) in [5.41, 5.74) is 5.57. The first kappa shape index (κ1) is 11.3. The lowest BCUT2D eigenvalue weighted by Gasteiger charge is -2.31. The van der Waals surface area contributed by atoms with Gasteiger partial charge in [-0.05, 0) is 38.9 Å². The molecule has 0 bridgehead atoms. The molecule has 0 aromatic carbocycles. The van der Waals surface area contributed by atoms with Gasteiger partial charge in [-0.2, -0.15) is 0 Å². The second kappa shape index (κ2) is 5.86. The van der Waals surface area contributed by atoms with Crippen LogP contribution in [-0.2, 0) is 0 Å². The van der Waals surface area contributed by atoms with Crippen LogP contribution in [-0.4, -0.2) is 35.6 Å². The maximum Gasteiger partial charge on any atom is 0.142 e. The molecule has 0 aromatic rings. The van der Waals surface area contributed by atoms with E-state index < -0.39 is 0 Å². The molecule has 3 N–H and O–H groups in total. The van der Waals surface area contributed by atoms with E-state index in [9.17, 15) is 0 Å². The quantitative estimate of drug-likeness (QED) is 0.310. The Kier molecular flexibility index (Phi) is 4.73. The first-order valence-corrected chi connectivity index (χ1v) is 5.47. The van der Waals surface area contributed by atoms with Crippen molar-refractivity contribution in [3.05, 3.63) is 0 Å². The van der Waals surface area contributed by atoms with Gasteiger partial charge in [-0.25, -0.2) is 0 Å². The summed E-state index contributed by atoms with van der Waals surface area (Å²) >= 11 is 0. The fourth-order valence-electron chi connectivity index (χ4n) is 1.92. The summed E-state index contributed by atoms with van der Waals surface area (Å²) in [4.78, 5) is 2.46. The van der Waals surface area contributed by atoms with Crippen molar-refractivity contribution >= 4 is 5.84 Å². The summed E-state index contributed by atoms with van der Waals surface area (Å²) in [6.07, 6.45) is 4.58. The Hall–Kier alpha value is -0.770. The van der Waals surface area contributed by atoms with Crippen molar-refractivity contribution in [3.63, 3.8) is 0 Å². The van der Waals surface area contributed by atoms with Gasteiger partial charge in [0.05, 0.1) is 0 Å². The van der Waals surface area contributed by atoms with Crippen molar-refractivity contribution in [2.24, 2.45) is 16.8 Å². The first-order valence-electron chi connectivity index (χ1n) is 5.47. The average Bonchev–Trinajstić information content (AvgIpc) is 2.26. The van der Waals surface area contributed by atoms with Gasteiger partial charge in [0.2, 0.25) is 0 Å². The Labute approximate surface area is 85.8 Å². The van der Waals surface area contributed by atoms with Gasteiger partial charge in [0.25, 0.3) is 0 Å². The zero-order chi connectivity index (χ0) is 10.4. The van der Waals surface area contributed by atoms with Crippen LogP contribution in [0.4, 0.5) is 0 Å². The maximum absolute atomic E-state index is 8.54. The number of hydrogen-bond donors (Lipinski definition) is 2. The molecule has 1 fully saturated rings. The Morgan fingerprint density at radius 3 is 2.64 bits per heavy atom. The third kappa shape index (κ3) is 3.18. The van der Waals surface area contributed by atoms with Crippen molar-refractivity contribution in [2.45, 2.75) is 32.6 Å². The van der Waals surface area contributed by atoms with E-state index >= 15 is 0 Å². The van der Waals surface area contributed by atoms with Gasteiger partial charge >= 0.3 is 0 Å². The van der Waals surface area contributed by atoms with Gasteiger partial charge in [0, 0.05) is 5.92 Å². The Bertz CT molecular complexity index is 186. The van der Waals surface area contributed by atoms with Crippen LogP contribution in [0.25, 0.3) is 0 Å². The molecule has 1 aliphatic rings. The van der Waals surface area contributed by atoms with Gasteiger partial charge in [0.15, 0.2) is 0 Å². The van der Waals surface area contributed by atoms with Crippen molar-refractivity contribution in [3.8, 4) is 0 Å². The van der Waals surface area contributed by atoms with Gasteiger partial charge in [-0.1, -0.05) is 18.5 Å². The molecule has 1 rings (SSSR count). The zero-order valence-electron chi connectivity index (χ0n) is 8.95. The number of rotatable bonds is 4. The SMILES string of the molecule is CCCCN1CCC(C(N)=NO)CC1. The molecule has 0 unspecified atom stereocenters. The van der Waals surface area contributed by atoms with E-state index in [-0.39, 0.29) is 5.92 Å². The molecule has 1 aliphatic heterocycles. The number of nitrogens with zero attached hydrogens (tertiary/aromatic N) is 2. The molecule has 0 saturated carbocycles. The second-order valence-corrected chi connectivity index (χ2v) is 3.99. The number of piperidine rings is 1. The fraction of sp³-hybridized carbons (Fsp3) is 0.900. The number of nitrogens with two attached hydrogens (primary N) is 1. The first-order chi connectivity index (χ1) is 6.77. The molecule has 1 heterocycles. The molecule has 0 atom stereocenters. The van der Waals surface area contributed by atoms with Crippen molar-refractivity contribution in [2.75, 3.05) is 19.6 Å². The van der Waals surface area contributed by atoms with Crippen LogP contribution in [0, 0.1) is 5.92 Å². The van der Waals surface area contributed by atoms with Crippen LogP contribution >= 0.6 is 0 Å². The molecule has 4 nitrogen and oxygen atoms in total. The van der Waals surface area contributed by atoms with Crippen molar-refractivity contribution in [1.82, 2.24) is 4.90 Å². The number of likely N-dealkylation sites (tertiary alicyclic amines) is 1. The number of amidine groups is 1.